The quantitative estimate of drug-likeness (QED) is 0.245. The van der Waals surface area contributed by atoms with E-state index < -0.39 is 12.0 Å². The van der Waals surface area contributed by atoms with Crippen LogP contribution in [0.25, 0.3) is 0 Å². The maximum Gasteiger partial charge on any atom is 0.320 e. The fourth-order valence-corrected chi connectivity index (χ4v) is 0.609. The summed E-state index contributed by atoms with van der Waals surface area (Å²) in [7, 11) is 0. The lowest BCUT2D eigenvalue weighted by Crippen LogP contribution is -2.30. The molecule has 0 saturated heterocycles. The topological polar surface area (TPSA) is 122 Å². The maximum absolute atomic E-state index is 10.2. The van der Waals surface area contributed by atoms with Crippen LogP contribution in [0.2, 0.25) is 0 Å². The number of carboxylic acids is 1. The Morgan fingerprint density at radius 2 is 2.25 bits per heavy atom. The molecule has 1 atom stereocenters. The Hall–Kier alpha value is -1.30. The van der Waals surface area contributed by atoms with Crippen molar-refractivity contribution in [3.8, 4) is 0 Å². The van der Waals surface area contributed by atoms with Gasteiger partial charge in [0.25, 0.3) is 6.02 Å². The monoisotopic (exact) mass is 175 g/mol. The molecule has 0 aromatic carbocycles. The van der Waals surface area contributed by atoms with Gasteiger partial charge in [0.1, 0.15) is 6.04 Å². The van der Waals surface area contributed by atoms with Gasteiger partial charge in [0.2, 0.25) is 0 Å². The summed E-state index contributed by atoms with van der Waals surface area (Å²) in [4.78, 5) is 10.2. The molecule has 6 N–H and O–H groups in total. The van der Waals surface area contributed by atoms with Crippen LogP contribution in [-0.4, -0.2) is 29.7 Å². The number of rotatable bonds is 5. The summed E-state index contributed by atoms with van der Waals surface area (Å²) in [6.07, 6.45) is 0.801. The molecule has 70 valence electrons. The Kier molecular flexibility index (Phi) is 4.78. The molecule has 0 saturated carbocycles. The average Bonchev–Trinajstić information content (AvgIpc) is 1.97. The van der Waals surface area contributed by atoms with Gasteiger partial charge in [-0.3, -0.25) is 10.2 Å². The number of hydrogen-bond acceptors (Lipinski definition) is 4. The van der Waals surface area contributed by atoms with Crippen molar-refractivity contribution in [1.82, 2.24) is 0 Å². The predicted molar refractivity (Wildman–Crippen MR) is 42.7 cm³/mol. The first-order valence-corrected chi connectivity index (χ1v) is 3.49. The molecule has 0 bridgehead atoms. The minimum atomic E-state index is -1.03. The number of ether oxygens (including phenoxy) is 1. The van der Waals surface area contributed by atoms with Crippen molar-refractivity contribution in [3.63, 3.8) is 0 Å². The standard InChI is InChI=1S/C6H13N3O3/c7-4(5(10)11)2-1-3-12-6(8)9/h4H,1-3,7H2,(H3,8,9)(H,10,11)/t4-/m0/s1. The fourth-order valence-electron chi connectivity index (χ4n) is 0.609. The van der Waals surface area contributed by atoms with Crippen molar-refractivity contribution in [3.05, 3.63) is 0 Å². The molecule has 6 heteroatoms. The van der Waals surface area contributed by atoms with Crippen molar-refractivity contribution in [2.45, 2.75) is 18.9 Å². The predicted octanol–water partition coefficient (Wildman–Crippen LogP) is -0.911. The summed E-state index contributed by atoms with van der Waals surface area (Å²) in [5.41, 5.74) is 10.1. The van der Waals surface area contributed by atoms with Gasteiger partial charge < -0.3 is 21.3 Å². The third-order valence-corrected chi connectivity index (χ3v) is 1.23. The second kappa shape index (κ2) is 5.36. The lowest BCUT2D eigenvalue weighted by Gasteiger charge is -2.05. The highest BCUT2D eigenvalue weighted by molar-refractivity contribution is 5.72. The summed E-state index contributed by atoms with van der Waals surface area (Å²) in [5.74, 6) is -1.03. The lowest BCUT2D eigenvalue weighted by atomic mass is 10.2. The molecule has 0 heterocycles. The molecule has 0 spiro atoms. The smallest absolute Gasteiger partial charge is 0.320 e. The molecule has 0 fully saturated rings. The number of nitrogens with two attached hydrogens (primary N) is 2. The minimum absolute atomic E-state index is 0.232. The highest BCUT2D eigenvalue weighted by Crippen LogP contribution is 1.94. The van der Waals surface area contributed by atoms with Gasteiger partial charge in [-0.15, -0.1) is 0 Å². The molecule has 0 aliphatic rings. The van der Waals surface area contributed by atoms with Crippen molar-refractivity contribution in [2.24, 2.45) is 11.5 Å². The van der Waals surface area contributed by atoms with Crippen LogP contribution in [-0.2, 0) is 9.53 Å². The van der Waals surface area contributed by atoms with Crippen LogP contribution >= 0.6 is 0 Å². The minimum Gasteiger partial charge on any atom is -0.480 e. The molecule has 6 nitrogen and oxygen atoms in total. The van der Waals surface area contributed by atoms with Crippen molar-refractivity contribution in [1.29, 1.82) is 5.41 Å². The third-order valence-electron chi connectivity index (χ3n) is 1.23. The molecule has 0 rings (SSSR count). The van der Waals surface area contributed by atoms with E-state index in [-0.39, 0.29) is 12.6 Å². The molecular formula is C6H13N3O3. The number of aliphatic carboxylic acids is 1. The van der Waals surface area contributed by atoms with Crippen LogP contribution in [0, 0.1) is 5.41 Å². The van der Waals surface area contributed by atoms with E-state index in [1.807, 2.05) is 0 Å². The van der Waals surface area contributed by atoms with Gasteiger partial charge in [0.15, 0.2) is 0 Å². The van der Waals surface area contributed by atoms with Crippen LogP contribution in [0.4, 0.5) is 0 Å². The molecule has 0 aliphatic carbocycles. The fraction of sp³-hybridized carbons (Fsp3) is 0.667. The lowest BCUT2D eigenvalue weighted by molar-refractivity contribution is -0.138. The van der Waals surface area contributed by atoms with Gasteiger partial charge in [-0.05, 0) is 12.8 Å². The maximum atomic E-state index is 10.2. The molecule has 0 aromatic rings. The van der Waals surface area contributed by atoms with Gasteiger partial charge in [-0.25, -0.2) is 0 Å². The van der Waals surface area contributed by atoms with Crippen molar-refractivity contribution >= 4 is 12.0 Å². The van der Waals surface area contributed by atoms with E-state index in [1.165, 1.54) is 0 Å². The summed E-state index contributed by atoms with van der Waals surface area (Å²) in [6, 6.07) is -1.22. The van der Waals surface area contributed by atoms with Gasteiger partial charge in [0, 0.05) is 0 Å². The van der Waals surface area contributed by atoms with E-state index in [1.54, 1.807) is 0 Å². The van der Waals surface area contributed by atoms with Crippen LogP contribution in [0.3, 0.4) is 0 Å². The molecule has 0 aliphatic heterocycles. The molecular weight excluding hydrogens is 162 g/mol. The molecule has 0 unspecified atom stereocenters. The zero-order chi connectivity index (χ0) is 9.56. The molecule has 12 heavy (non-hydrogen) atoms. The largest absolute Gasteiger partial charge is 0.480 e. The second-order valence-corrected chi connectivity index (χ2v) is 2.30. The van der Waals surface area contributed by atoms with E-state index in [4.69, 9.17) is 22.0 Å². The summed E-state index contributed by atoms with van der Waals surface area (Å²) < 4.78 is 4.58. The number of carbonyl (C=O) groups is 1. The zero-order valence-electron chi connectivity index (χ0n) is 6.62. The van der Waals surface area contributed by atoms with Gasteiger partial charge in [-0.1, -0.05) is 0 Å². The number of amidine groups is 1. The Bertz CT molecular complexity index is 171. The van der Waals surface area contributed by atoms with Crippen molar-refractivity contribution < 1.29 is 14.6 Å². The highest BCUT2D eigenvalue weighted by Gasteiger charge is 2.09. The zero-order valence-corrected chi connectivity index (χ0v) is 6.62. The molecule has 0 amide bonds. The number of hydrogen-bond donors (Lipinski definition) is 4. The molecule has 0 radical (unpaired) electrons. The second-order valence-electron chi connectivity index (χ2n) is 2.30. The first kappa shape index (κ1) is 10.7. The van der Waals surface area contributed by atoms with Gasteiger partial charge >= 0.3 is 5.97 Å². The van der Waals surface area contributed by atoms with Crippen LogP contribution < -0.4 is 11.5 Å². The third kappa shape index (κ3) is 5.48. The van der Waals surface area contributed by atoms with E-state index in [9.17, 15) is 4.79 Å². The Morgan fingerprint density at radius 1 is 1.67 bits per heavy atom. The van der Waals surface area contributed by atoms with E-state index >= 15 is 0 Å². The van der Waals surface area contributed by atoms with Gasteiger partial charge in [-0.2, -0.15) is 0 Å². The summed E-state index contributed by atoms with van der Waals surface area (Å²) in [6.45, 7) is 0.232. The van der Waals surface area contributed by atoms with E-state index in [0.717, 1.165) is 0 Å². The van der Waals surface area contributed by atoms with E-state index in [2.05, 4.69) is 4.74 Å². The summed E-state index contributed by atoms with van der Waals surface area (Å²) in [5, 5.41) is 15.0. The summed E-state index contributed by atoms with van der Waals surface area (Å²) >= 11 is 0. The van der Waals surface area contributed by atoms with E-state index in [0.29, 0.717) is 12.8 Å². The number of nitrogens with one attached hydrogen (secondary N) is 1. The average molecular weight is 175 g/mol. The highest BCUT2D eigenvalue weighted by atomic mass is 16.5. The SMILES string of the molecule is N=C(N)OCCC[C@H](N)C(=O)O. The van der Waals surface area contributed by atoms with Gasteiger partial charge in [0.05, 0.1) is 6.61 Å². The Morgan fingerprint density at radius 3 is 2.67 bits per heavy atom. The first-order chi connectivity index (χ1) is 5.54. The van der Waals surface area contributed by atoms with Crippen molar-refractivity contribution in [2.75, 3.05) is 6.61 Å². The normalized spacial score (nSPS) is 12.1. The van der Waals surface area contributed by atoms with Crippen LogP contribution in [0.5, 0.6) is 0 Å². The Balaban J connectivity index is 3.31. The van der Waals surface area contributed by atoms with Crippen LogP contribution in [0.15, 0.2) is 0 Å². The Labute approximate surface area is 70.0 Å². The molecule has 0 aromatic heterocycles. The number of carboxylic acid groups (broad SMARTS) is 1. The first-order valence-electron chi connectivity index (χ1n) is 3.49. The van der Waals surface area contributed by atoms with Crippen LogP contribution in [0.1, 0.15) is 12.8 Å².